The zero-order valence-corrected chi connectivity index (χ0v) is 15.0. The Morgan fingerprint density at radius 3 is 2.54 bits per heavy atom. The van der Waals surface area contributed by atoms with E-state index in [1.807, 2.05) is 30.3 Å². The van der Waals surface area contributed by atoms with Gasteiger partial charge in [0.1, 0.15) is 5.56 Å². The number of halogens is 1. The molecule has 26 heavy (non-hydrogen) atoms. The molecule has 1 heterocycles. The number of amides is 1. The van der Waals surface area contributed by atoms with Crippen LogP contribution in [0.3, 0.4) is 0 Å². The predicted octanol–water partition coefficient (Wildman–Crippen LogP) is 3.82. The van der Waals surface area contributed by atoms with Crippen molar-refractivity contribution in [2.45, 2.75) is 18.9 Å². The van der Waals surface area contributed by atoms with Crippen LogP contribution in [0.25, 0.3) is 0 Å². The van der Waals surface area contributed by atoms with Crippen LogP contribution in [0.1, 0.15) is 34.8 Å². The molecule has 2 aromatic rings. The molecule has 0 saturated carbocycles. The Bertz CT molecular complexity index is 792. The summed E-state index contributed by atoms with van der Waals surface area (Å²) >= 11 is 5.84. The van der Waals surface area contributed by atoms with Gasteiger partial charge >= 0.3 is 0 Å². The van der Waals surface area contributed by atoms with Gasteiger partial charge in [-0.25, -0.2) is 0 Å². The zero-order chi connectivity index (χ0) is 18.5. The third-order valence-corrected chi connectivity index (χ3v) is 4.78. The summed E-state index contributed by atoms with van der Waals surface area (Å²) in [7, 11) is 0. The molecule has 0 bridgehead atoms. The van der Waals surface area contributed by atoms with E-state index in [0.29, 0.717) is 6.54 Å². The molecule has 136 valence electrons. The van der Waals surface area contributed by atoms with Crippen molar-refractivity contribution in [3.63, 3.8) is 0 Å². The van der Waals surface area contributed by atoms with Crippen LogP contribution in [0, 0.1) is 10.1 Å². The lowest BCUT2D eigenvalue weighted by atomic mass is 10.1. The van der Waals surface area contributed by atoms with Crippen molar-refractivity contribution in [1.29, 1.82) is 0 Å². The summed E-state index contributed by atoms with van der Waals surface area (Å²) < 4.78 is 0. The number of carbonyl (C=O) groups excluding carboxylic acids is 1. The summed E-state index contributed by atoms with van der Waals surface area (Å²) in [5, 5.41) is 14.5. The Balaban J connectivity index is 1.84. The highest BCUT2D eigenvalue weighted by Crippen LogP contribution is 2.25. The van der Waals surface area contributed by atoms with Gasteiger partial charge in [-0.2, -0.15) is 0 Å². The maximum Gasteiger partial charge on any atom is 0.283 e. The first kappa shape index (κ1) is 18.4. The molecule has 6 nitrogen and oxygen atoms in total. The largest absolute Gasteiger partial charge is 0.344 e. The lowest BCUT2D eigenvalue weighted by molar-refractivity contribution is -0.385. The van der Waals surface area contributed by atoms with Gasteiger partial charge < -0.3 is 10.2 Å². The molecule has 1 atom stereocenters. The molecule has 2 aromatic carbocycles. The van der Waals surface area contributed by atoms with Crippen molar-refractivity contribution in [1.82, 2.24) is 10.2 Å². The molecule has 1 aliphatic rings. The highest BCUT2D eigenvalue weighted by Gasteiger charge is 2.25. The molecule has 1 unspecified atom stereocenters. The van der Waals surface area contributed by atoms with E-state index >= 15 is 0 Å². The molecule has 3 rings (SSSR count). The summed E-state index contributed by atoms with van der Waals surface area (Å²) in [6.45, 7) is 2.68. The van der Waals surface area contributed by atoms with Crippen LogP contribution in [-0.2, 0) is 0 Å². The van der Waals surface area contributed by atoms with Crippen LogP contribution >= 0.6 is 11.6 Å². The number of nitro groups is 1. The number of benzene rings is 2. The summed E-state index contributed by atoms with van der Waals surface area (Å²) in [6, 6.07) is 13.5. The third kappa shape index (κ3) is 4.39. The highest BCUT2D eigenvalue weighted by atomic mass is 35.5. The van der Waals surface area contributed by atoms with E-state index < -0.39 is 10.8 Å². The Kier molecular flexibility index (Phi) is 5.85. The minimum absolute atomic E-state index is 0.0155. The number of nitrogens with zero attached hydrogens (tertiary/aromatic N) is 2. The van der Waals surface area contributed by atoms with Gasteiger partial charge in [0.15, 0.2) is 0 Å². The number of carbonyl (C=O) groups is 1. The standard InChI is InChI=1S/C19H20ClN3O3/c20-15-8-9-16(18(12-15)23(25)26)19(24)21-17(13-22-10-4-5-11-22)14-6-2-1-3-7-14/h1-3,6-9,12,17H,4-5,10-11,13H2,(H,21,24). The number of hydrogen-bond donors (Lipinski definition) is 1. The summed E-state index contributed by atoms with van der Waals surface area (Å²) in [5.41, 5.74) is 0.703. The average molecular weight is 374 g/mol. The maximum absolute atomic E-state index is 12.8. The van der Waals surface area contributed by atoms with Crippen molar-refractivity contribution in [3.8, 4) is 0 Å². The minimum Gasteiger partial charge on any atom is -0.344 e. The highest BCUT2D eigenvalue weighted by molar-refractivity contribution is 6.31. The fraction of sp³-hybridized carbons (Fsp3) is 0.316. The Labute approximate surface area is 156 Å². The van der Waals surface area contributed by atoms with Gasteiger partial charge in [-0.1, -0.05) is 41.9 Å². The van der Waals surface area contributed by atoms with Gasteiger partial charge in [0.2, 0.25) is 0 Å². The molecule has 1 amide bonds. The third-order valence-electron chi connectivity index (χ3n) is 4.55. The second kappa shape index (κ2) is 8.29. The summed E-state index contributed by atoms with van der Waals surface area (Å²) in [6.07, 6.45) is 2.30. The Morgan fingerprint density at radius 2 is 1.88 bits per heavy atom. The molecule has 7 heteroatoms. The lowest BCUT2D eigenvalue weighted by Gasteiger charge is -2.25. The number of rotatable bonds is 6. The van der Waals surface area contributed by atoms with E-state index in [9.17, 15) is 14.9 Å². The fourth-order valence-electron chi connectivity index (χ4n) is 3.23. The van der Waals surface area contributed by atoms with Crippen molar-refractivity contribution >= 4 is 23.2 Å². The molecule has 0 radical (unpaired) electrons. The number of nitro benzene ring substituents is 1. The molecule has 0 spiro atoms. The van der Waals surface area contributed by atoms with Crippen molar-refractivity contribution < 1.29 is 9.72 Å². The quantitative estimate of drug-likeness (QED) is 0.617. The first-order valence-electron chi connectivity index (χ1n) is 8.56. The van der Waals surface area contributed by atoms with Gasteiger partial charge in [0.25, 0.3) is 11.6 Å². The molecule has 0 aliphatic carbocycles. The van der Waals surface area contributed by atoms with Crippen molar-refractivity contribution in [3.05, 3.63) is 74.8 Å². The van der Waals surface area contributed by atoms with E-state index in [2.05, 4.69) is 10.2 Å². The number of nitrogens with one attached hydrogen (secondary N) is 1. The van der Waals surface area contributed by atoms with Gasteiger partial charge in [0.05, 0.1) is 11.0 Å². The topological polar surface area (TPSA) is 75.5 Å². The summed E-state index contributed by atoms with van der Waals surface area (Å²) in [4.78, 5) is 25.7. The van der Waals surface area contributed by atoms with E-state index in [1.165, 1.54) is 18.2 Å². The van der Waals surface area contributed by atoms with E-state index in [0.717, 1.165) is 31.5 Å². The van der Waals surface area contributed by atoms with Crippen molar-refractivity contribution in [2.75, 3.05) is 19.6 Å². The van der Waals surface area contributed by atoms with Gasteiger partial charge in [-0.3, -0.25) is 14.9 Å². The zero-order valence-electron chi connectivity index (χ0n) is 14.2. The van der Waals surface area contributed by atoms with Crippen LogP contribution < -0.4 is 5.32 Å². The maximum atomic E-state index is 12.8. The van der Waals surface area contributed by atoms with E-state index in [4.69, 9.17) is 11.6 Å². The second-order valence-corrected chi connectivity index (χ2v) is 6.80. The van der Waals surface area contributed by atoms with E-state index in [-0.39, 0.29) is 22.3 Å². The van der Waals surface area contributed by atoms with Gasteiger partial charge in [-0.15, -0.1) is 0 Å². The first-order valence-corrected chi connectivity index (χ1v) is 8.94. The molecule has 0 aromatic heterocycles. The number of likely N-dealkylation sites (tertiary alicyclic amines) is 1. The molecule has 1 fully saturated rings. The lowest BCUT2D eigenvalue weighted by Crippen LogP contribution is -2.37. The van der Waals surface area contributed by atoms with Crippen LogP contribution in [-0.4, -0.2) is 35.4 Å². The first-order chi connectivity index (χ1) is 12.5. The smallest absolute Gasteiger partial charge is 0.283 e. The normalized spacial score (nSPS) is 15.6. The molecule has 1 N–H and O–H groups in total. The minimum atomic E-state index is -0.585. The van der Waals surface area contributed by atoms with Gasteiger partial charge in [0, 0.05) is 17.6 Å². The fourth-order valence-corrected chi connectivity index (χ4v) is 3.39. The van der Waals surface area contributed by atoms with Gasteiger partial charge in [-0.05, 0) is 43.6 Å². The number of hydrogen-bond acceptors (Lipinski definition) is 4. The van der Waals surface area contributed by atoms with Crippen molar-refractivity contribution in [2.24, 2.45) is 0 Å². The van der Waals surface area contributed by atoms with Crippen LogP contribution in [0.5, 0.6) is 0 Å². The summed E-state index contributed by atoms with van der Waals surface area (Å²) in [5.74, 6) is -0.471. The van der Waals surface area contributed by atoms with Crippen LogP contribution in [0.15, 0.2) is 48.5 Å². The monoisotopic (exact) mass is 373 g/mol. The van der Waals surface area contributed by atoms with Crippen LogP contribution in [0.4, 0.5) is 5.69 Å². The van der Waals surface area contributed by atoms with E-state index in [1.54, 1.807) is 0 Å². The Morgan fingerprint density at radius 1 is 1.19 bits per heavy atom. The Hall–Kier alpha value is -2.44. The average Bonchev–Trinajstić information content (AvgIpc) is 3.14. The van der Waals surface area contributed by atoms with Crippen LogP contribution in [0.2, 0.25) is 5.02 Å². The molecular weight excluding hydrogens is 354 g/mol. The molecular formula is C19H20ClN3O3. The molecule has 1 aliphatic heterocycles. The molecule has 1 saturated heterocycles. The predicted molar refractivity (Wildman–Crippen MR) is 100 cm³/mol. The SMILES string of the molecule is O=C(NC(CN1CCCC1)c1ccccc1)c1ccc(Cl)cc1[N+](=O)[O-]. The second-order valence-electron chi connectivity index (χ2n) is 6.36.